The second kappa shape index (κ2) is 5.49. The summed E-state index contributed by atoms with van der Waals surface area (Å²) in [5, 5.41) is 13.5. The summed E-state index contributed by atoms with van der Waals surface area (Å²) in [4.78, 5) is 8.83. The smallest absolute Gasteiger partial charge is 0.227 e. The number of rotatable bonds is 4. The number of aromatic nitrogens is 3. The number of hydrogen-bond donors (Lipinski definition) is 0. The first-order valence-corrected chi connectivity index (χ1v) is 6.42. The molecule has 0 saturated heterocycles. The minimum Gasteiger partial charge on any atom is -0.339 e. The first-order chi connectivity index (χ1) is 9.86. The minimum atomic E-state index is 0.489. The van der Waals surface area contributed by atoms with Crippen molar-refractivity contribution in [2.24, 2.45) is 0 Å². The molecule has 2 heterocycles. The summed E-state index contributed by atoms with van der Waals surface area (Å²) in [7, 11) is 0. The molecule has 5 nitrogen and oxygen atoms in total. The van der Waals surface area contributed by atoms with E-state index in [2.05, 4.69) is 21.2 Å². The van der Waals surface area contributed by atoms with Crippen LogP contribution < -0.4 is 0 Å². The molecule has 2 aromatic heterocycles. The maximum Gasteiger partial charge on any atom is 0.227 e. The summed E-state index contributed by atoms with van der Waals surface area (Å²) in [6.07, 6.45) is 1.84. The third kappa shape index (κ3) is 2.50. The van der Waals surface area contributed by atoms with E-state index in [9.17, 15) is 0 Å². The molecule has 0 bridgehead atoms. The van der Waals surface area contributed by atoms with E-state index in [1.807, 2.05) is 36.4 Å². The molecule has 0 radical (unpaired) electrons. The molecule has 0 aliphatic carbocycles. The van der Waals surface area contributed by atoms with Crippen LogP contribution in [0.2, 0.25) is 0 Å². The summed E-state index contributed by atoms with van der Waals surface area (Å²) < 4.78 is 5.17. The van der Waals surface area contributed by atoms with Crippen LogP contribution in [0.25, 0.3) is 22.4 Å². The molecule has 0 aliphatic heterocycles. The van der Waals surface area contributed by atoms with Crippen LogP contribution in [0.15, 0.2) is 40.9 Å². The summed E-state index contributed by atoms with van der Waals surface area (Å²) >= 11 is 0. The lowest BCUT2D eigenvalue weighted by Crippen LogP contribution is -1.88. The van der Waals surface area contributed by atoms with Crippen molar-refractivity contribution in [2.75, 3.05) is 0 Å². The Labute approximate surface area is 115 Å². The standard InChI is InChI=1S/C15H12N4O/c16-10-4-3-7-14-18-15(19-20-14)13-9-8-11-5-1-2-6-12(11)17-13/h1-2,5-6,8-9H,3-4,7H2. The van der Waals surface area contributed by atoms with Crippen LogP contribution in [0.4, 0.5) is 0 Å². The lowest BCUT2D eigenvalue weighted by atomic mass is 10.2. The highest BCUT2D eigenvalue weighted by Crippen LogP contribution is 2.18. The van der Waals surface area contributed by atoms with Crippen molar-refractivity contribution in [3.05, 3.63) is 42.3 Å². The summed E-state index contributed by atoms with van der Waals surface area (Å²) in [5.74, 6) is 1.04. The Bertz CT molecular complexity index is 773. The van der Waals surface area contributed by atoms with E-state index in [0.29, 0.717) is 30.3 Å². The zero-order valence-corrected chi connectivity index (χ0v) is 10.8. The second-order valence-electron chi connectivity index (χ2n) is 4.41. The highest BCUT2D eigenvalue weighted by atomic mass is 16.5. The molecule has 0 amide bonds. The molecule has 1 aromatic carbocycles. The van der Waals surface area contributed by atoms with Gasteiger partial charge >= 0.3 is 0 Å². The Morgan fingerprint density at radius 2 is 2.00 bits per heavy atom. The molecule has 0 atom stereocenters. The number of hydrogen-bond acceptors (Lipinski definition) is 5. The molecule has 0 unspecified atom stereocenters. The Kier molecular flexibility index (Phi) is 3.38. The van der Waals surface area contributed by atoms with Gasteiger partial charge < -0.3 is 4.52 Å². The average Bonchev–Trinajstić information content (AvgIpc) is 2.96. The molecule has 0 N–H and O–H groups in total. The summed E-state index contributed by atoms with van der Waals surface area (Å²) in [5.41, 5.74) is 1.60. The predicted molar refractivity (Wildman–Crippen MR) is 73.6 cm³/mol. The van der Waals surface area contributed by atoms with Gasteiger partial charge in [0, 0.05) is 18.2 Å². The molecule has 5 heteroatoms. The molecule has 20 heavy (non-hydrogen) atoms. The van der Waals surface area contributed by atoms with Crippen LogP contribution in [0.5, 0.6) is 0 Å². The Morgan fingerprint density at radius 3 is 2.90 bits per heavy atom. The molecular weight excluding hydrogens is 252 g/mol. The average molecular weight is 264 g/mol. The van der Waals surface area contributed by atoms with E-state index in [-0.39, 0.29) is 0 Å². The number of aryl methyl sites for hydroxylation is 1. The van der Waals surface area contributed by atoms with Crippen molar-refractivity contribution in [3.8, 4) is 17.6 Å². The molecule has 0 spiro atoms. The van der Waals surface area contributed by atoms with Gasteiger partial charge in [-0.15, -0.1) is 0 Å². The topological polar surface area (TPSA) is 75.6 Å². The van der Waals surface area contributed by atoms with Gasteiger partial charge in [-0.05, 0) is 18.6 Å². The number of para-hydroxylation sites is 1. The largest absolute Gasteiger partial charge is 0.339 e. The van der Waals surface area contributed by atoms with E-state index in [4.69, 9.17) is 9.78 Å². The molecule has 0 aliphatic rings. The van der Waals surface area contributed by atoms with Gasteiger partial charge in [-0.2, -0.15) is 10.2 Å². The van der Waals surface area contributed by atoms with Crippen molar-refractivity contribution >= 4 is 10.9 Å². The highest BCUT2D eigenvalue weighted by Gasteiger charge is 2.10. The minimum absolute atomic E-state index is 0.489. The highest BCUT2D eigenvalue weighted by molar-refractivity contribution is 5.80. The van der Waals surface area contributed by atoms with Crippen molar-refractivity contribution in [1.29, 1.82) is 5.26 Å². The van der Waals surface area contributed by atoms with Crippen molar-refractivity contribution in [1.82, 2.24) is 15.1 Å². The monoisotopic (exact) mass is 264 g/mol. The molecule has 0 fully saturated rings. The SMILES string of the molecule is N#CCCCc1nc(-c2ccc3ccccc3n2)no1. The lowest BCUT2D eigenvalue weighted by molar-refractivity contribution is 0.376. The molecular formula is C15H12N4O. The Balaban J connectivity index is 1.85. The van der Waals surface area contributed by atoms with E-state index < -0.39 is 0 Å². The van der Waals surface area contributed by atoms with Gasteiger partial charge in [-0.1, -0.05) is 29.4 Å². The van der Waals surface area contributed by atoms with E-state index in [1.165, 1.54) is 0 Å². The van der Waals surface area contributed by atoms with E-state index in [1.54, 1.807) is 0 Å². The number of unbranched alkanes of at least 4 members (excludes halogenated alkanes) is 1. The number of nitriles is 1. The zero-order chi connectivity index (χ0) is 13.8. The number of nitrogens with zero attached hydrogens (tertiary/aromatic N) is 4. The second-order valence-corrected chi connectivity index (χ2v) is 4.41. The van der Waals surface area contributed by atoms with Crippen LogP contribution in [0, 0.1) is 11.3 Å². The van der Waals surface area contributed by atoms with Crippen molar-refractivity contribution in [3.63, 3.8) is 0 Å². The van der Waals surface area contributed by atoms with Crippen LogP contribution >= 0.6 is 0 Å². The van der Waals surface area contributed by atoms with Crippen molar-refractivity contribution in [2.45, 2.75) is 19.3 Å². The molecule has 3 aromatic rings. The number of fused-ring (bicyclic) bond motifs is 1. The third-order valence-electron chi connectivity index (χ3n) is 2.97. The first kappa shape index (κ1) is 12.3. The Morgan fingerprint density at radius 1 is 1.10 bits per heavy atom. The van der Waals surface area contributed by atoms with Crippen LogP contribution in [-0.2, 0) is 6.42 Å². The summed E-state index contributed by atoms with van der Waals surface area (Å²) in [6, 6.07) is 13.9. The van der Waals surface area contributed by atoms with Gasteiger partial charge in [0.1, 0.15) is 5.69 Å². The van der Waals surface area contributed by atoms with E-state index in [0.717, 1.165) is 17.3 Å². The Hall–Kier alpha value is -2.74. The third-order valence-corrected chi connectivity index (χ3v) is 2.97. The summed E-state index contributed by atoms with van der Waals surface area (Å²) in [6.45, 7) is 0. The van der Waals surface area contributed by atoms with E-state index >= 15 is 0 Å². The number of pyridine rings is 1. The van der Waals surface area contributed by atoms with Crippen LogP contribution in [0.1, 0.15) is 18.7 Å². The van der Waals surface area contributed by atoms with Gasteiger partial charge in [-0.25, -0.2) is 4.98 Å². The van der Waals surface area contributed by atoms with Gasteiger partial charge in [0.25, 0.3) is 0 Å². The normalized spacial score (nSPS) is 10.6. The maximum absolute atomic E-state index is 8.50. The maximum atomic E-state index is 8.50. The van der Waals surface area contributed by atoms with Crippen LogP contribution in [0.3, 0.4) is 0 Å². The molecule has 3 rings (SSSR count). The fraction of sp³-hybridized carbons (Fsp3) is 0.200. The quantitative estimate of drug-likeness (QED) is 0.676. The van der Waals surface area contributed by atoms with Gasteiger partial charge in [0.05, 0.1) is 11.6 Å². The molecule has 0 saturated carbocycles. The van der Waals surface area contributed by atoms with Gasteiger partial charge in [-0.3, -0.25) is 0 Å². The fourth-order valence-electron chi connectivity index (χ4n) is 1.97. The number of benzene rings is 1. The zero-order valence-electron chi connectivity index (χ0n) is 10.8. The predicted octanol–water partition coefficient (Wildman–Crippen LogP) is 3.13. The first-order valence-electron chi connectivity index (χ1n) is 6.42. The van der Waals surface area contributed by atoms with Gasteiger partial charge in [0.2, 0.25) is 11.7 Å². The lowest BCUT2D eigenvalue weighted by Gasteiger charge is -1.98. The van der Waals surface area contributed by atoms with Crippen molar-refractivity contribution < 1.29 is 4.52 Å². The van der Waals surface area contributed by atoms with Gasteiger partial charge in [0.15, 0.2) is 0 Å². The van der Waals surface area contributed by atoms with Crippen LogP contribution in [-0.4, -0.2) is 15.1 Å². The fourth-order valence-corrected chi connectivity index (χ4v) is 1.97. The molecule has 98 valence electrons.